The fraction of sp³-hybridized carbons (Fsp3) is 0.208. The van der Waals surface area contributed by atoms with Crippen molar-refractivity contribution < 1.29 is 19.1 Å². The van der Waals surface area contributed by atoms with E-state index in [-0.39, 0.29) is 30.5 Å². The molecular formula is C24H19NO4S. The highest BCUT2D eigenvalue weighted by molar-refractivity contribution is 8.13. The van der Waals surface area contributed by atoms with Gasteiger partial charge in [-0.05, 0) is 47.9 Å². The highest BCUT2D eigenvalue weighted by atomic mass is 32.2. The first-order chi connectivity index (χ1) is 14.5. The van der Waals surface area contributed by atoms with Gasteiger partial charge in [0.1, 0.15) is 5.41 Å². The number of fused-ring (bicyclic) bond motifs is 2. The monoisotopic (exact) mass is 417 g/mol. The normalized spacial score (nSPS) is 14.1. The molecule has 0 unspecified atom stereocenters. The van der Waals surface area contributed by atoms with Crippen LogP contribution in [0.1, 0.15) is 25.3 Å². The molecule has 1 aliphatic rings. The maximum atomic E-state index is 12.8. The molecule has 30 heavy (non-hydrogen) atoms. The van der Waals surface area contributed by atoms with Gasteiger partial charge >= 0.3 is 0 Å². The first-order valence-electron chi connectivity index (χ1n) is 9.54. The summed E-state index contributed by atoms with van der Waals surface area (Å²) in [7, 11) is 0. The summed E-state index contributed by atoms with van der Waals surface area (Å²) in [5, 5.41) is 11.9. The van der Waals surface area contributed by atoms with Crippen molar-refractivity contribution in [2.45, 2.75) is 30.1 Å². The van der Waals surface area contributed by atoms with E-state index in [0.29, 0.717) is 17.1 Å². The number of carbonyl (C=O) groups excluding carboxylic acids is 2. The van der Waals surface area contributed by atoms with Crippen LogP contribution in [-0.4, -0.2) is 17.7 Å². The van der Waals surface area contributed by atoms with Crippen molar-refractivity contribution in [2.75, 3.05) is 6.79 Å². The Hall–Kier alpha value is -3.30. The summed E-state index contributed by atoms with van der Waals surface area (Å²) in [4.78, 5) is 26.2. The van der Waals surface area contributed by atoms with E-state index in [0.717, 1.165) is 27.4 Å². The number of nitrogens with zero attached hydrogens (tertiary/aromatic N) is 1. The lowest BCUT2D eigenvalue weighted by molar-refractivity contribution is -0.121. The molecule has 0 bridgehead atoms. The Morgan fingerprint density at radius 3 is 2.63 bits per heavy atom. The van der Waals surface area contributed by atoms with Crippen LogP contribution in [0.2, 0.25) is 0 Å². The van der Waals surface area contributed by atoms with E-state index in [9.17, 15) is 14.9 Å². The van der Waals surface area contributed by atoms with Gasteiger partial charge < -0.3 is 9.47 Å². The fourth-order valence-electron chi connectivity index (χ4n) is 3.63. The SMILES string of the molecule is CC(=O)[C@](C#N)(CCC(=O)Sc1cccc2ccccc12)c1ccc2c(c1)OCO2. The molecule has 0 fully saturated rings. The Morgan fingerprint density at radius 1 is 1.07 bits per heavy atom. The van der Waals surface area contributed by atoms with Gasteiger partial charge in [0.25, 0.3) is 0 Å². The third-order valence-corrected chi connectivity index (χ3v) is 6.34. The minimum Gasteiger partial charge on any atom is -0.454 e. The maximum absolute atomic E-state index is 12.8. The molecule has 1 aliphatic heterocycles. The molecular weight excluding hydrogens is 398 g/mol. The summed E-state index contributed by atoms with van der Waals surface area (Å²) in [6.45, 7) is 1.49. The Labute approximate surface area is 178 Å². The third kappa shape index (κ3) is 3.64. The van der Waals surface area contributed by atoms with E-state index in [1.807, 2.05) is 42.5 Å². The minimum absolute atomic E-state index is 0.0898. The summed E-state index contributed by atoms with van der Waals surface area (Å²) in [6, 6.07) is 20.9. The van der Waals surface area contributed by atoms with Gasteiger partial charge in [0.15, 0.2) is 22.4 Å². The van der Waals surface area contributed by atoms with Crippen LogP contribution in [0.15, 0.2) is 65.6 Å². The van der Waals surface area contributed by atoms with Gasteiger partial charge in [0, 0.05) is 11.3 Å². The predicted molar refractivity (Wildman–Crippen MR) is 115 cm³/mol. The molecule has 0 saturated carbocycles. The van der Waals surface area contributed by atoms with Crippen LogP contribution in [0.25, 0.3) is 10.8 Å². The predicted octanol–water partition coefficient (Wildman–Crippen LogP) is 5.02. The van der Waals surface area contributed by atoms with Crippen molar-refractivity contribution in [1.82, 2.24) is 0 Å². The number of ether oxygens (including phenoxy) is 2. The van der Waals surface area contributed by atoms with Crippen molar-refractivity contribution in [3.05, 3.63) is 66.2 Å². The summed E-state index contributed by atoms with van der Waals surface area (Å²) in [5.74, 6) is 0.786. The largest absolute Gasteiger partial charge is 0.454 e. The molecule has 0 saturated heterocycles. The van der Waals surface area contributed by atoms with Crippen LogP contribution >= 0.6 is 11.8 Å². The lowest BCUT2D eigenvalue weighted by Gasteiger charge is -2.24. The number of rotatable bonds is 6. The fourth-order valence-corrected chi connectivity index (χ4v) is 4.52. The summed E-state index contributed by atoms with van der Waals surface area (Å²) in [6.07, 6.45) is 0.199. The molecule has 0 N–H and O–H groups in total. The van der Waals surface area contributed by atoms with Gasteiger partial charge in [-0.3, -0.25) is 9.59 Å². The zero-order chi connectivity index (χ0) is 21.1. The molecule has 1 atom stereocenters. The molecule has 0 radical (unpaired) electrons. The van der Waals surface area contributed by atoms with E-state index in [1.165, 1.54) is 6.92 Å². The highest BCUT2D eigenvalue weighted by Crippen LogP contribution is 2.39. The van der Waals surface area contributed by atoms with E-state index < -0.39 is 5.41 Å². The van der Waals surface area contributed by atoms with Crippen LogP contribution in [0.4, 0.5) is 0 Å². The van der Waals surface area contributed by atoms with Crippen molar-refractivity contribution in [3.63, 3.8) is 0 Å². The molecule has 0 aromatic heterocycles. The standard InChI is InChI=1S/C24H19NO4S/c1-16(26)24(14-25,18-9-10-20-21(13-18)29-15-28-20)12-11-23(27)30-22-8-4-6-17-5-2-3-7-19(17)22/h2-10,13H,11-12,15H2,1H3/t24-/m1/s1. The number of benzene rings is 3. The number of hydrogen-bond acceptors (Lipinski definition) is 6. The molecule has 3 aromatic rings. The molecule has 150 valence electrons. The molecule has 0 spiro atoms. The Kier molecular flexibility index (Phi) is 5.47. The number of hydrogen-bond donors (Lipinski definition) is 0. The smallest absolute Gasteiger partial charge is 0.231 e. The lowest BCUT2D eigenvalue weighted by atomic mass is 9.75. The average molecular weight is 417 g/mol. The van der Waals surface area contributed by atoms with Crippen LogP contribution in [0.5, 0.6) is 11.5 Å². The topological polar surface area (TPSA) is 76.4 Å². The second-order valence-electron chi connectivity index (χ2n) is 7.09. The van der Waals surface area contributed by atoms with Crippen LogP contribution in [0, 0.1) is 11.3 Å². The molecule has 4 rings (SSSR count). The van der Waals surface area contributed by atoms with E-state index in [2.05, 4.69) is 6.07 Å². The number of nitriles is 1. The molecule has 6 heteroatoms. The van der Waals surface area contributed by atoms with Crippen molar-refractivity contribution >= 4 is 33.4 Å². The minimum atomic E-state index is -1.41. The van der Waals surface area contributed by atoms with E-state index in [1.54, 1.807) is 18.2 Å². The molecule has 0 amide bonds. The van der Waals surface area contributed by atoms with Gasteiger partial charge in [0.05, 0.1) is 6.07 Å². The Balaban J connectivity index is 1.55. The Bertz CT molecular complexity index is 1180. The number of ketones is 1. The number of Topliss-reactive ketones (excluding diaryl/α,β-unsaturated/α-hetero) is 1. The van der Waals surface area contributed by atoms with Gasteiger partial charge in [-0.15, -0.1) is 0 Å². The molecule has 1 heterocycles. The Morgan fingerprint density at radius 2 is 1.83 bits per heavy atom. The summed E-state index contributed by atoms with van der Waals surface area (Å²) >= 11 is 1.15. The van der Waals surface area contributed by atoms with Gasteiger partial charge in [0.2, 0.25) is 6.79 Å². The third-order valence-electron chi connectivity index (χ3n) is 5.33. The molecule has 0 aliphatic carbocycles. The van der Waals surface area contributed by atoms with Crippen molar-refractivity contribution in [2.24, 2.45) is 0 Å². The zero-order valence-corrected chi connectivity index (χ0v) is 17.2. The van der Waals surface area contributed by atoms with Crippen molar-refractivity contribution in [1.29, 1.82) is 5.26 Å². The highest BCUT2D eigenvalue weighted by Gasteiger charge is 2.39. The maximum Gasteiger partial charge on any atom is 0.231 e. The first kappa shape index (κ1) is 20.0. The summed E-state index contributed by atoms with van der Waals surface area (Å²) in [5.41, 5.74) is -0.889. The second kappa shape index (κ2) is 8.21. The van der Waals surface area contributed by atoms with Crippen molar-refractivity contribution in [3.8, 4) is 17.6 Å². The van der Waals surface area contributed by atoms with Crippen LogP contribution in [-0.2, 0) is 15.0 Å². The van der Waals surface area contributed by atoms with Crippen LogP contribution < -0.4 is 9.47 Å². The lowest BCUT2D eigenvalue weighted by Crippen LogP contribution is -2.33. The average Bonchev–Trinajstić information content (AvgIpc) is 3.23. The van der Waals surface area contributed by atoms with Gasteiger partial charge in [-0.25, -0.2) is 0 Å². The number of carbonyl (C=O) groups is 2. The first-order valence-corrected chi connectivity index (χ1v) is 10.4. The van der Waals surface area contributed by atoms with Crippen LogP contribution in [0.3, 0.4) is 0 Å². The second-order valence-corrected chi connectivity index (χ2v) is 8.19. The van der Waals surface area contributed by atoms with E-state index in [4.69, 9.17) is 9.47 Å². The number of thioether (sulfide) groups is 1. The summed E-state index contributed by atoms with van der Waals surface area (Å²) < 4.78 is 10.7. The van der Waals surface area contributed by atoms with Gasteiger partial charge in [-0.2, -0.15) is 5.26 Å². The quantitative estimate of drug-likeness (QED) is 0.524. The van der Waals surface area contributed by atoms with Gasteiger partial charge in [-0.1, -0.05) is 54.2 Å². The van der Waals surface area contributed by atoms with E-state index >= 15 is 0 Å². The molecule has 5 nitrogen and oxygen atoms in total. The zero-order valence-electron chi connectivity index (χ0n) is 16.4. The molecule has 3 aromatic carbocycles.